The molecule has 26 heavy (non-hydrogen) atoms. The molecular formula is C19H13BrFN5. The number of nitrogens with zero attached hydrogens (tertiary/aromatic N) is 4. The molecule has 4 aromatic rings. The van der Waals surface area contributed by atoms with Gasteiger partial charge in [-0.25, -0.2) is 9.97 Å². The Morgan fingerprint density at radius 1 is 0.923 bits per heavy atom. The van der Waals surface area contributed by atoms with Gasteiger partial charge < -0.3 is 5.73 Å². The third kappa shape index (κ3) is 3.09. The van der Waals surface area contributed by atoms with Gasteiger partial charge in [-0.3, -0.25) is 3.93 Å². The van der Waals surface area contributed by atoms with Crippen molar-refractivity contribution in [1.82, 2.24) is 15.0 Å². The van der Waals surface area contributed by atoms with E-state index in [4.69, 9.17) is 5.73 Å². The van der Waals surface area contributed by atoms with Gasteiger partial charge in [-0.2, -0.15) is 9.37 Å². The van der Waals surface area contributed by atoms with Crippen molar-refractivity contribution in [2.75, 3.05) is 9.66 Å². The maximum atomic E-state index is 13.1. The predicted molar refractivity (Wildman–Crippen MR) is 105 cm³/mol. The first-order valence-electron chi connectivity index (χ1n) is 7.82. The molecule has 7 heteroatoms. The minimum Gasteiger partial charge on any atom is -0.368 e. The second kappa shape index (κ2) is 6.68. The molecule has 0 radical (unpaired) electrons. The topological polar surface area (TPSA) is 67.9 Å². The maximum absolute atomic E-state index is 13.1. The van der Waals surface area contributed by atoms with E-state index in [9.17, 15) is 4.39 Å². The number of nitrogen functional groups attached to an aromatic ring is 1. The quantitative estimate of drug-likeness (QED) is 0.386. The summed E-state index contributed by atoms with van der Waals surface area (Å²) < 4.78 is 14.9. The van der Waals surface area contributed by atoms with Crippen molar-refractivity contribution >= 4 is 44.5 Å². The molecule has 0 aliphatic heterocycles. The largest absolute Gasteiger partial charge is 0.368 e. The Morgan fingerprint density at radius 2 is 1.69 bits per heavy atom. The van der Waals surface area contributed by atoms with Gasteiger partial charge in [0.15, 0.2) is 5.82 Å². The first-order valence-corrected chi connectivity index (χ1v) is 8.53. The molecule has 0 spiro atoms. The molecule has 128 valence electrons. The second-order valence-corrected chi connectivity index (χ2v) is 6.33. The van der Waals surface area contributed by atoms with E-state index in [1.54, 1.807) is 9.99 Å². The number of pyridine rings is 1. The summed E-state index contributed by atoms with van der Waals surface area (Å²) in [6, 6.07) is 18.4. The van der Waals surface area contributed by atoms with Crippen LogP contribution < -0.4 is 9.66 Å². The molecule has 0 unspecified atom stereocenters. The molecule has 2 aromatic heterocycles. The molecule has 2 aromatic carbocycles. The van der Waals surface area contributed by atoms with E-state index in [2.05, 4.69) is 31.1 Å². The molecule has 2 heterocycles. The van der Waals surface area contributed by atoms with E-state index in [1.165, 1.54) is 12.3 Å². The minimum absolute atomic E-state index is 0.184. The molecule has 0 aliphatic rings. The molecule has 0 aliphatic carbocycles. The van der Waals surface area contributed by atoms with Gasteiger partial charge in [0.25, 0.3) is 0 Å². The Bertz CT molecular complexity index is 1070. The molecule has 0 saturated heterocycles. The van der Waals surface area contributed by atoms with Gasteiger partial charge in [0.2, 0.25) is 11.9 Å². The first-order chi connectivity index (χ1) is 12.6. The molecule has 0 bridgehead atoms. The number of halogens is 2. The molecule has 0 atom stereocenters. The monoisotopic (exact) mass is 409 g/mol. The number of nitrogens with two attached hydrogens (primary N) is 1. The summed E-state index contributed by atoms with van der Waals surface area (Å²) in [6.45, 7) is 0. The van der Waals surface area contributed by atoms with E-state index in [-0.39, 0.29) is 5.95 Å². The van der Waals surface area contributed by atoms with Gasteiger partial charge in [-0.1, -0.05) is 24.3 Å². The van der Waals surface area contributed by atoms with Gasteiger partial charge >= 0.3 is 0 Å². The lowest BCUT2D eigenvalue weighted by molar-refractivity contribution is 0.584. The van der Waals surface area contributed by atoms with Crippen LogP contribution in [0.15, 0.2) is 66.9 Å². The summed E-state index contributed by atoms with van der Waals surface area (Å²) in [5, 5.41) is 0.807. The van der Waals surface area contributed by atoms with Crippen LogP contribution in [0.25, 0.3) is 22.0 Å². The zero-order valence-corrected chi connectivity index (χ0v) is 15.1. The van der Waals surface area contributed by atoms with Crippen LogP contribution in [0.5, 0.6) is 0 Å². The number of rotatable bonds is 3. The van der Waals surface area contributed by atoms with Gasteiger partial charge in [0, 0.05) is 17.1 Å². The van der Waals surface area contributed by atoms with Crippen LogP contribution in [-0.4, -0.2) is 15.0 Å². The molecule has 2 N–H and O–H groups in total. The maximum Gasteiger partial charge on any atom is 0.222 e. The zero-order chi connectivity index (χ0) is 18.1. The highest BCUT2D eigenvalue weighted by Gasteiger charge is 2.15. The van der Waals surface area contributed by atoms with E-state index in [0.29, 0.717) is 11.3 Å². The standard InChI is InChI=1S/C19H13BrFN5/c20-26(14-4-2-1-3-5-14)18-15-10-12(13-7-9-17(21)23-11-13)6-8-16(15)24-19(22)25-18/h1-11H,(H2,22,24,25). The lowest BCUT2D eigenvalue weighted by Crippen LogP contribution is -2.07. The number of para-hydroxylation sites is 1. The fourth-order valence-corrected chi connectivity index (χ4v) is 3.19. The number of hydrogen-bond acceptors (Lipinski definition) is 5. The van der Waals surface area contributed by atoms with Crippen molar-refractivity contribution in [2.24, 2.45) is 0 Å². The van der Waals surface area contributed by atoms with Gasteiger partial charge in [-0.05, 0) is 42.0 Å². The average Bonchev–Trinajstić information content (AvgIpc) is 2.68. The number of anilines is 3. The third-order valence-corrected chi connectivity index (χ3v) is 4.67. The highest BCUT2D eigenvalue weighted by molar-refractivity contribution is 9.10. The van der Waals surface area contributed by atoms with Crippen molar-refractivity contribution in [2.45, 2.75) is 0 Å². The Hall–Kier alpha value is -3.06. The van der Waals surface area contributed by atoms with Crippen molar-refractivity contribution in [1.29, 1.82) is 0 Å². The van der Waals surface area contributed by atoms with Gasteiger partial charge in [0.05, 0.1) is 27.4 Å². The minimum atomic E-state index is -0.512. The molecule has 0 saturated carbocycles. The Balaban J connectivity index is 1.88. The Morgan fingerprint density at radius 3 is 2.42 bits per heavy atom. The number of hydrogen-bond donors (Lipinski definition) is 1. The molecular weight excluding hydrogens is 397 g/mol. The summed E-state index contributed by atoms with van der Waals surface area (Å²) in [6.07, 6.45) is 1.50. The van der Waals surface area contributed by atoms with E-state index in [1.807, 2.05) is 48.5 Å². The van der Waals surface area contributed by atoms with Crippen molar-refractivity contribution < 1.29 is 4.39 Å². The molecule has 4 rings (SSSR count). The summed E-state index contributed by atoms with van der Waals surface area (Å²) in [7, 11) is 0. The van der Waals surface area contributed by atoms with Crippen molar-refractivity contribution in [3.8, 4) is 11.1 Å². The fourth-order valence-electron chi connectivity index (χ4n) is 2.69. The van der Waals surface area contributed by atoms with Crippen LogP contribution >= 0.6 is 16.1 Å². The normalized spacial score (nSPS) is 10.8. The Labute approximate surface area is 157 Å². The summed E-state index contributed by atoms with van der Waals surface area (Å²) in [4.78, 5) is 12.4. The summed E-state index contributed by atoms with van der Waals surface area (Å²) >= 11 is 3.57. The highest BCUT2D eigenvalue weighted by atomic mass is 79.9. The smallest absolute Gasteiger partial charge is 0.222 e. The lowest BCUT2D eigenvalue weighted by Gasteiger charge is -2.18. The number of aromatic nitrogens is 3. The van der Waals surface area contributed by atoms with Crippen LogP contribution in [-0.2, 0) is 0 Å². The van der Waals surface area contributed by atoms with Crippen LogP contribution in [0, 0.1) is 5.95 Å². The SMILES string of the molecule is Nc1nc(N(Br)c2ccccc2)c2cc(-c3ccc(F)nc3)ccc2n1. The number of benzene rings is 2. The predicted octanol–water partition coefficient (Wildman–Crippen LogP) is 4.86. The Kier molecular flexibility index (Phi) is 4.22. The van der Waals surface area contributed by atoms with Crippen LogP contribution in [0.1, 0.15) is 0 Å². The average molecular weight is 410 g/mol. The van der Waals surface area contributed by atoms with Crippen LogP contribution in [0.4, 0.5) is 21.8 Å². The van der Waals surface area contributed by atoms with E-state index in [0.717, 1.165) is 22.2 Å². The molecule has 0 fully saturated rings. The van der Waals surface area contributed by atoms with E-state index < -0.39 is 5.95 Å². The van der Waals surface area contributed by atoms with Gasteiger partial charge in [-0.15, -0.1) is 0 Å². The van der Waals surface area contributed by atoms with Crippen LogP contribution in [0.2, 0.25) is 0 Å². The fraction of sp³-hybridized carbons (Fsp3) is 0. The van der Waals surface area contributed by atoms with Crippen molar-refractivity contribution in [3.63, 3.8) is 0 Å². The molecule has 5 nitrogen and oxygen atoms in total. The number of fused-ring (bicyclic) bond motifs is 1. The zero-order valence-electron chi connectivity index (χ0n) is 13.5. The highest BCUT2D eigenvalue weighted by Crippen LogP contribution is 2.35. The summed E-state index contributed by atoms with van der Waals surface area (Å²) in [5.41, 5.74) is 9.19. The first kappa shape index (κ1) is 16.4. The van der Waals surface area contributed by atoms with Crippen LogP contribution in [0.3, 0.4) is 0 Å². The lowest BCUT2D eigenvalue weighted by atomic mass is 10.1. The van der Waals surface area contributed by atoms with E-state index >= 15 is 0 Å². The van der Waals surface area contributed by atoms with Gasteiger partial charge in [0.1, 0.15) is 0 Å². The van der Waals surface area contributed by atoms with Crippen molar-refractivity contribution in [3.05, 3.63) is 72.8 Å². The third-order valence-electron chi connectivity index (χ3n) is 3.92. The molecule has 0 amide bonds. The summed E-state index contributed by atoms with van der Waals surface area (Å²) in [5.74, 6) is 0.293. The second-order valence-electron chi connectivity index (χ2n) is 5.62.